The van der Waals surface area contributed by atoms with Crippen LogP contribution in [0.2, 0.25) is 0 Å². The first kappa shape index (κ1) is 14.9. The molecule has 0 spiro atoms. The quantitative estimate of drug-likeness (QED) is 0.834. The van der Waals surface area contributed by atoms with Crippen molar-refractivity contribution in [1.82, 2.24) is 4.90 Å². The highest BCUT2D eigenvalue weighted by Gasteiger charge is 2.30. The van der Waals surface area contributed by atoms with Crippen LogP contribution in [0.4, 0.5) is 11.4 Å². The lowest BCUT2D eigenvalue weighted by molar-refractivity contribution is -0.122. The van der Waals surface area contributed by atoms with Crippen LogP contribution in [-0.2, 0) is 4.79 Å². The van der Waals surface area contributed by atoms with Crippen molar-refractivity contribution in [1.29, 1.82) is 0 Å². The minimum Gasteiger partial charge on any atom is -0.399 e. The third-order valence-electron chi connectivity index (χ3n) is 4.24. The van der Waals surface area contributed by atoms with E-state index in [4.69, 9.17) is 5.73 Å². The number of amides is 1. The Kier molecular flexibility index (Phi) is 4.65. The van der Waals surface area contributed by atoms with Crippen molar-refractivity contribution in [3.63, 3.8) is 0 Å². The van der Waals surface area contributed by atoms with Crippen molar-refractivity contribution in [3.8, 4) is 0 Å². The summed E-state index contributed by atoms with van der Waals surface area (Å²) in [5.74, 6) is 0.810. The zero-order valence-corrected chi connectivity index (χ0v) is 12.6. The lowest BCUT2D eigenvalue weighted by Gasteiger charge is -2.39. The SMILES string of the molecule is CC1CCN(C(C)C(=O)Nc2ccc(N)cc2)C(C)C1. The van der Waals surface area contributed by atoms with E-state index in [-0.39, 0.29) is 11.9 Å². The Labute approximate surface area is 121 Å². The van der Waals surface area contributed by atoms with E-state index in [1.165, 1.54) is 12.8 Å². The summed E-state index contributed by atoms with van der Waals surface area (Å²) in [6.45, 7) is 7.48. The van der Waals surface area contributed by atoms with Crippen LogP contribution in [0.5, 0.6) is 0 Å². The number of carbonyl (C=O) groups is 1. The number of nitrogens with zero attached hydrogens (tertiary/aromatic N) is 1. The summed E-state index contributed by atoms with van der Waals surface area (Å²) in [4.78, 5) is 14.6. The highest BCUT2D eigenvalue weighted by atomic mass is 16.2. The van der Waals surface area contributed by atoms with Crippen LogP contribution in [0.3, 0.4) is 0 Å². The highest BCUT2D eigenvalue weighted by molar-refractivity contribution is 5.94. The van der Waals surface area contributed by atoms with Gasteiger partial charge in [-0.3, -0.25) is 9.69 Å². The van der Waals surface area contributed by atoms with Crippen molar-refractivity contribution in [3.05, 3.63) is 24.3 Å². The number of rotatable bonds is 3. The molecule has 0 radical (unpaired) electrons. The van der Waals surface area contributed by atoms with Crippen molar-refractivity contribution in [2.24, 2.45) is 5.92 Å². The van der Waals surface area contributed by atoms with Gasteiger partial charge in [0.1, 0.15) is 0 Å². The summed E-state index contributed by atoms with van der Waals surface area (Å²) in [7, 11) is 0. The Morgan fingerprint density at radius 3 is 2.60 bits per heavy atom. The van der Waals surface area contributed by atoms with Gasteiger partial charge in [-0.2, -0.15) is 0 Å². The monoisotopic (exact) mass is 275 g/mol. The molecule has 1 aromatic carbocycles. The van der Waals surface area contributed by atoms with Crippen LogP contribution >= 0.6 is 0 Å². The van der Waals surface area contributed by atoms with E-state index < -0.39 is 0 Å². The fourth-order valence-corrected chi connectivity index (χ4v) is 2.96. The molecule has 0 saturated carbocycles. The Hall–Kier alpha value is -1.55. The summed E-state index contributed by atoms with van der Waals surface area (Å²) in [5.41, 5.74) is 7.15. The van der Waals surface area contributed by atoms with Crippen LogP contribution < -0.4 is 11.1 Å². The van der Waals surface area contributed by atoms with Gasteiger partial charge in [-0.15, -0.1) is 0 Å². The van der Waals surface area contributed by atoms with Gasteiger partial charge in [0.2, 0.25) is 5.91 Å². The minimum atomic E-state index is -0.102. The molecule has 1 aromatic rings. The number of likely N-dealkylation sites (tertiary alicyclic amines) is 1. The van der Waals surface area contributed by atoms with Gasteiger partial charge < -0.3 is 11.1 Å². The van der Waals surface area contributed by atoms with E-state index in [1.54, 1.807) is 12.1 Å². The predicted octanol–water partition coefficient (Wildman–Crippen LogP) is 2.72. The first-order chi connectivity index (χ1) is 9.47. The Morgan fingerprint density at radius 2 is 2.00 bits per heavy atom. The predicted molar refractivity (Wildman–Crippen MR) is 83.5 cm³/mol. The van der Waals surface area contributed by atoms with Crippen LogP contribution in [-0.4, -0.2) is 29.4 Å². The Morgan fingerprint density at radius 1 is 1.35 bits per heavy atom. The molecule has 1 aliphatic heterocycles. The molecule has 110 valence electrons. The number of benzene rings is 1. The van der Waals surface area contributed by atoms with Crippen LogP contribution in [0, 0.1) is 5.92 Å². The summed E-state index contributed by atoms with van der Waals surface area (Å²) < 4.78 is 0. The van der Waals surface area contributed by atoms with Gasteiger partial charge in [-0.25, -0.2) is 0 Å². The van der Waals surface area contributed by atoms with Gasteiger partial charge in [-0.1, -0.05) is 6.92 Å². The van der Waals surface area contributed by atoms with Crippen LogP contribution in [0.15, 0.2) is 24.3 Å². The molecule has 3 atom stereocenters. The smallest absolute Gasteiger partial charge is 0.241 e. The summed E-state index contributed by atoms with van der Waals surface area (Å²) >= 11 is 0. The van der Waals surface area contributed by atoms with Gasteiger partial charge in [0.25, 0.3) is 0 Å². The van der Waals surface area contributed by atoms with Crippen molar-refractivity contribution < 1.29 is 4.79 Å². The molecule has 3 unspecified atom stereocenters. The highest BCUT2D eigenvalue weighted by Crippen LogP contribution is 2.24. The fraction of sp³-hybridized carbons (Fsp3) is 0.562. The number of hydrogen-bond acceptors (Lipinski definition) is 3. The van der Waals surface area contributed by atoms with Gasteiger partial charge in [-0.05, 0) is 63.4 Å². The summed E-state index contributed by atoms with van der Waals surface area (Å²) in [5, 5.41) is 2.96. The molecule has 1 heterocycles. The molecule has 0 bridgehead atoms. The molecule has 1 saturated heterocycles. The Bertz CT molecular complexity index is 457. The molecule has 0 aromatic heterocycles. The molecule has 1 aliphatic rings. The average molecular weight is 275 g/mol. The maximum atomic E-state index is 12.3. The number of nitrogens with two attached hydrogens (primary N) is 1. The minimum absolute atomic E-state index is 0.0520. The van der Waals surface area contributed by atoms with E-state index in [1.807, 2.05) is 19.1 Å². The number of hydrogen-bond donors (Lipinski definition) is 2. The van der Waals surface area contributed by atoms with E-state index in [0.29, 0.717) is 11.7 Å². The van der Waals surface area contributed by atoms with Crippen molar-refractivity contribution in [2.75, 3.05) is 17.6 Å². The first-order valence-electron chi connectivity index (χ1n) is 7.39. The number of nitrogens with one attached hydrogen (secondary N) is 1. The zero-order chi connectivity index (χ0) is 14.7. The lowest BCUT2D eigenvalue weighted by atomic mass is 9.92. The normalized spacial score (nSPS) is 25.1. The topological polar surface area (TPSA) is 58.4 Å². The maximum absolute atomic E-state index is 12.3. The molecule has 20 heavy (non-hydrogen) atoms. The molecule has 0 aliphatic carbocycles. The van der Waals surface area contributed by atoms with Crippen molar-refractivity contribution >= 4 is 17.3 Å². The second-order valence-electron chi connectivity index (χ2n) is 6.00. The van der Waals surface area contributed by atoms with Gasteiger partial charge in [0.05, 0.1) is 6.04 Å². The number of piperidine rings is 1. The maximum Gasteiger partial charge on any atom is 0.241 e. The summed E-state index contributed by atoms with van der Waals surface area (Å²) in [6, 6.07) is 7.63. The van der Waals surface area contributed by atoms with E-state index >= 15 is 0 Å². The molecule has 2 rings (SSSR count). The standard InChI is InChI=1S/C16H25N3O/c1-11-8-9-19(12(2)10-11)13(3)16(20)18-15-6-4-14(17)5-7-15/h4-7,11-13H,8-10,17H2,1-3H3,(H,18,20). The third-order valence-corrected chi connectivity index (χ3v) is 4.24. The second kappa shape index (κ2) is 6.27. The van der Waals surface area contributed by atoms with Gasteiger partial charge in [0, 0.05) is 17.4 Å². The number of anilines is 2. The molecular weight excluding hydrogens is 250 g/mol. The molecule has 1 fully saturated rings. The summed E-state index contributed by atoms with van der Waals surface area (Å²) in [6.07, 6.45) is 2.34. The van der Waals surface area contributed by atoms with Gasteiger partial charge in [0.15, 0.2) is 0 Å². The van der Waals surface area contributed by atoms with E-state index in [9.17, 15) is 4.79 Å². The van der Waals surface area contributed by atoms with Crippen molar-refractivity contribution in [2.45, 2.75) is 45.7 Å². The Balaban J connectivity index is 1.96. The lowest BCUT2D eigenvalue weighted by Crippen LogP contribution is -2.50. The molecular formula is C16H25N3O. The average Bonchev–Trinajstić information content (AvgIpc) is 2.40. The largest absolute Gasteiger partial charge is 0.399 e. The number of nitrogen functional groups attached to an aromatic ring is 1. The van der Waals surface area contributed by atoms with Gasteiger partial charge >= 0.3 is 0 Å². The molecule has 1 amide bonds. The number of carbonyl (C=O) groups excluding carboxylic acids is 1. The third kappa shape index (κ3) is 3.51. The first-order valence-corrected chi connectivity index (χ1v) is 7.39. The van der Waals surface area contributed by atoms with Crippen LogP contribution in [0.25, 0.3) is 0 Å². The fourth-order valence-electron chi connectivity index (χ4n) is 2.96. The van der Waals surface area contributed by atoms with E-state index in [0.717, 1.165) is 18.2 Å². The van der Waals surface area contributed by atoms with E-state index in [2.05, 4.69) is 24.1 Å². The second-order valence-corrected chi connectivity index (χ2v) is 6.00. The molecule has 4 heteroatoms. The van der Waals surface area contributed by atoms with Crippen LogP contribution in [0.1, 0.15) is 33.6 Å². The zero-order valence-electron chi connectivity index (χ0n) is 12.6. The molecule has 3 N–H and O–H groups in total. The molecule has 4 nitrogen and oxygen atoms in total.